The van der Waals surface area contributed by atoms with E-state index in [1.165, 1.54) is 30.8 Å². The smallest absolute Gasteiger partial charge is 0.286 e. The van der Waals surface area contributed by atoms with E-state index in [-0.39, 0.29) is 12.0 Å². The lowest BCUT2D eigenvalue weighted by Crippen LogP contribution is -2.09. The highest BCUT2D eigenvalue weighted by molar-refractivity contribution is 7.93. The summed E-state index contributed by atoms with van der Waals surface area (Å²) in [6.07, 6.45) is 4.07. The maximum Gasteiger partial charge on any atom is 0.286 e. The fraction of sp³-hybridized carbons (Fsp3) is 0.0690. The lowest BCUT2D eigenvalue weighted by molar-refractivity contribution is 0.0981. The van der Waals surface area contributed by atoms with Gasteiger partial charge in [-0.1, -0.05) is 48.2 Å². The van der Waals surface area contributed by atoms with Crippen molar-refractivity contribution in [1.29, 1.82) is 0 Å². The van der Waals surface area contributed by atoms with Crippen molar-refractivity contribution in [2.45, 2.75) is 11.3 Å². The third-order valence-corrected chi connectivity index (χ3v) is 7.00. The molecular weight excluding hydrogens is 494 g/mol. The Morgan fingerprint density at radius 3 is 2.19 bits per heavy atom. The molecule has 0 N–H and O–H groups in total. The van der Waals surface area contributed by atoms with Gasteiger partial charge in [0.15, 0.2) is 5.78 Å². The fourth-order valence-corrected chi connectivity index (χ4v) is 4.64. The first-order valence-corrected chi connectivity index (χ1v) is 13.0. The van der Waals surface area contributed by atoms with Gasteiger partial charge in [0.1, 0.15) is 11.6 Å². The van der Waals surface area contributed by atoms with Crippen LogP contribution < -0.4 is 0 Å². The van der Waals surface area contributed by atoms with Crippen LogP contribution in [0, 0.1) is 23.5 Å². The van der Waals surface area contributed by atoms with Crippen molar-refractivity contribution in [3.63, 3.8) is 0 Å². The molecule has 1 heterocycles. The van der Waals surface area contributed by atoms with Gasteiger partial charge >= 0.3 is 0 Å². The zero-order chi connectivity index (χ0) is 26.4. The predicted molar refractivity (Wildman–Crippen MR) is 137 cm³/mol. The van der Waals surface area contributed by atoms with Crippen LogP contribution in [0.5, 0.6) is 0 Å². The maximum absolute atomic E-state index is 13.8. The van der Waals surface area contributed by atoms with E-state index in [0.29, 0.717) is 21.6 Å². The number of pyridine rings is 1. The molecule has 8 heteroatoms. The van der Waals surface area contributed by atoms with Crippen LogP contribution in [-0.4, -0.2) is 27.1 Å². The standard InChI is InChI=1S/C29H20F2N2O3S/c1-37(36,24-6-3-2-4-7-24)33-29(35)23-16-22(18-32-19-23)15-12-20-10-13-21(14-11-20)17-27(34)28-25(30)8-5-9-26(28)31/h2-11,13-14,16,18-19H,17H2,1H3. The Morgan fingerprint density at radius 1 is 0.865 bits per heavy atom. The molecule has 5 nitrogen and oxygen atoms in total. The minimum Gasteiger partial charge on any atom is -0.294 e. The minimum absolute atomic E-state index is 0.159. The second-order valence-corrected chi connectivity index (χ2v) is 10.4. The summed E-state index contributed by atoms with van der Waals surface area (Å²) in [4.78, 5) is 29.4. The van der Waals surface area contributed by atoms with Gasteiger partial charge in [-0.2, -0.15) is 4.36 Å². The van der Waals surface area contributed by atoms with Crippen LogP contribution in [0.3, 0.4) is 0 Å². The van der Waals surface area contributed by atoms with Crippen molar-refractivity contribution in [2.75, 3.05) is 6.26 Å². The van der Waals surface area contributed by atoms with Gasteiger partial charge in [-0.15, -0.1) is 0 Å². The average Bonchev–Trinajstić information content (AvgIpc) is 2.88. The molecule has 0 saturated carbocycles. The third kappa shape index (κ3) is 6.40. The summed E-state index contributed by atoms with van der Waals surface area (Å²) >= 11 is 0. The molecule has 0 saturated heterocycles. The van der Waals surface area contributed by atoms with Crippen LogP contribution in [0.25, 0.3) is 0 Å². The number of hydrogen-bond donors (Lipinski definition) is 0. The molecule has 1 unspecified atom stereocenters. The summed E-state index contributed by atoms with van der Waals surface area (Å²) in [6.45, 7) is 0. The van der Waals surface area contributed by atoms with Crippen LogP contribution in [0.15, 0.2) is 101 Å². The molecule has 0 aliphatic rings. The van der Waals surface area contributed by atoms with Crippen molar-refractivity contribution in [2.24, 2.45) is 4.36 Å². The number of amides is 1. The molecular formula is C29H20F2N2O3S. The lowest BCUT2D eigenvalue weighted by Gasteiger charge is -2.04. The molecule has 3 aromatic carbocycles. The molecule has 0 aliphatic heterocycles. The molecule has 0 radical (unpaired) electrons. The molecule has 1 aromatic heterocycles. The topological polar surface area (TPSA) is 76.5 Å². The van der Waals surface area contributed by atoms with Gasteiger partial charge in [0.2, 0.25) is 0 Å². The summed E-state index contributed by atoms with van der Waals surface area (Å²) < 4.78 is 44.5. The number of carbonyl (C=O) groups excluding carboxylic acids is 2. The van der Waals surface area contributed by atoms with Gasteiger partial charge in [-0.25, -0.2) is 13.0 Å². The van der Waals surface area contributed by atoms with Gasteiger partial charge in [0, 0.05) is 41.1 Å². The average molecular weight is 515 g/mol. The molecule has 4 aromatic rings. The number of ketones is 1. The van der Waals surface area contributed by atoms with Gasteiger partial charge in [-0.3, -0.25) is 14.6 Å². The number of hydrogen-bond acceptors (Lipinski definition) is 4. The number of benzene rings is 3. The highest BCUT2D eigenvalue weighted by Gasteiger charge is 2.17. The number of Topliss-reactive ketones (excluding diaryl/α,β-unsaturated/α-hetero) is 1. The number of halogens is 2. The first kappa shape index (κ1) is 25.6. The van der Waals surface area contributed by atoms with E-state index in [9.17, 15) is 22.6 Å². The SMILES string of the molecule is CS(=O)(=NC(=O)c1cncc(C#Cc2ccc(CC(=O)c3c(F)cccc3F)cc2)c1)c1ccccc1. The lowest BCUT2D eigenvalue weighted by atomic mass is 10.0. The monoisotopic (exact) mass is 514 g/mol. The summed E-state index contributed by atoms with van der Waals surface area (Å²) in [5.74, 6) is 2.74. The van der Waals surface area contributed by atoms with Gasteiger partial charge in [0.05, 0.1) is 20.9 Å². The first-order chi connectivity index (χ1) is 17.7. The summed E-state index contributed by atoms with van der Waals surface area (Å²) in [6, 6.07) is 20.0. The molecule has 1 atom stereocenters. The Balaban J connectivity index is 1.48. The van der Waals surface area contributed by atoms with Crippen molar-refractivity contribution in [3.8, 4) is 11.8 Å². The number of rotatable bonds is 5. The van der Waals surface area contributed by atoms with E-state index in [2.05, 4.69) is 21.2 Å². The predicted octanol–water partition coefficient (Wildman–Crippen LogP) is 5.48. The Bertz CT molecular complexity index is 1640. The van der Waals surface area contributed by atoms with E-state index in [4.69, 9.17) is 0 Å². The Kier molecular flexibility index (Phi) is 7.66. The maximum atomic E-state index is 13.8. The molecule has 184 valence electrons. The molecule has 37 heavy (non-hydrogen) atoms. The van der Waals surface area contributed by atoms with E-state index in [0.717, 1.165) is 12.1 Å². The van der Waals surface area contributed by atoms with Gasteiger partial charge < -0.3 is 0 Å². The van der Waals surface area contributed by atoms with Crippen LogP contribution in [0.2, 0.25) is 0 Å². The molecule has 4 rings (SSSR count). The third-order valence-electron chi connectivity index (χ3n) is 5.33. The number of carbonyl (C=O) groups is 2. The van der Waals surface area contributed by atoms with Crippen molar-refractivity contribution >= 4 is 21.4 Å². The summed E-state index contributed by atoms with van der Waals surface area (Å²) in [7, 11) is -2.92. The largest absolute Gasteiger partial charge is 0.294 e. The fourth-order valence-electron chi connectivity index (χ4n) is 3.45. The summed E-state index contributed by atoms with van der Waals surface area (Å²) in [5.41, 5.74) is 1.26. The summed E-state index contributed by atoms with van der Waals surface area (Å²) in [5, 5.41) is 0. The van der Waals surface area contributed by atoms with E-state index < -0.39 is 38.6 Å². The van der Waals surface area contributed by atoms with Gasteiger partial charge in [0.25, 0.3) is 5.91 Å². The molecule has 1 amide bonds. The van der Waals surface area contributed by atoms with E-state index >= 15 is 0 Å². The zero-order valence-corrected chi connectivity index (χ0v) is 20.5. The van der Waals surface area contributed by atoms with Crippen molar-refractivity contribution < 1.29 is 22.6 Å². The Hall–Kier alpha value is -4.48. The second-order valence-electron chi connectivity index (χ2n) is 8.12. The zero-order valence-electron chi connectivity index (χ0n) is 19.7. The number of nitrogens with zero attached hydrogens (tertiary/aromatic N) is 2. The van der Waals surface area contributed by atoms with Crippen LogP contribution >= 0.6 is 0 Å². The Morgan fingerprint density at radius 2 is 1.51 bits per heavy atom. The number of aromatic nitrogens is 1. The van der Waals surface area contributed by atoms with Gasteiger partial charge in [-0.05, 0) is 48.0 Å². The van der Waals surface area contributed by atoms with Crippen molar-refractivity contribution in [1.82, 2.24) is 4.98 Å². The molecule has 0 bridgehead atoms. The second kappa shape index (κ2) is 11.1. The quantitative estimate of drug-likeness (QED) is 0.261. The first-order valence-electron chi connectivity index (χ1n) is 11.1. The highest BCUT2D eigenvalue weighted by Crippen LogP contribution is 2.16. The van der Waals surface area contributed by atoms with Crippen LogP contribution in [0.1, 0.15) is 37.4 Å². The van der Waals surface area contributed by atoms with E-state index in [1.807, 2.05) is 0 Å². The van der Waals surface area contributed by atoms with Crippen molar-refractivity contribution in [3.05, 3.63) is 131 Å². The minimum atomic E-state index is -2.92. The Labute approximate surface area is 213 Å². The molecule has 0 fully saturated rings. The van der Waals surface area contributed by atoms with Crippen LogP contribution in [-0.2, 0) is 16.1 Å². The normalized spacial score (nSPS) is 12.1. The molecule has 0 spiro atoms. The molecule has 0 aliphatic carbocycles. The highest BCUT2D eigenvalue weighted by atomic mass is 32.2. The van der Waals surface area contributed by atoms with E-state index in [1.54, 1.807) is 54.6 Å². The van der Waals surface area contributed by atoms with Crippen LogP contribution in [0.4, 0.5) is 8.78 Å².